The van der Waals surface area contributed by atoms with E-state index < -0.39 is 0 Å². The van der Waals surface area contributed by atoms with Crippen LogP contribution in [0.15, 0.2) is 66.7 Å². The lowest BCUT2D eigenvalue weighted by atomic mass is 10.1. The number of anilines is 1. The summed E-state index contributed by atoms with van der Waals surface area (Å²) in [5.74, 6) is 1.05. The summed E-state index contributed by atoms with van der Waals surface area (Å²) in [6.07, 6.45) is 0.770. The van der Waals surface area contributed by atoms with Crippen LogP contribution in [0.3, 0.4) is 0 Å². The van der Waals surface area contributed by atoms with E-state index in [1.807, 2.05) is 53.4 Å². The molecule has 2 aromatic carbocycles. The standard InChI is InChI=1S/C22H26N4O2/c1-17(14-18-10-6-4-7-11-18)26(16-19-12-8-5-9-13-19)22(27)23-20-15-21(28-3)25(2)24-20/h4-13,15,17H,14,16H2,1-3H3,(H,23,24,27). The maximum Gasteiger partial charge on any atom is 0.323 e. The number of carbonyl (C=O) groups excluding carboxylic acids is 1. The maximum absolute atomic E-state index is 13.1. The summed E-state index contributed by atoms with van der Waals surface area (Å²) < 4.78 is 6.81. The molecule has 1 atom stereocenters. The van der Waals surface area contributed by atoms with Gasteiger partial charge in [0.2, 0.25) is 5.88 Å². The van der Waals surface area contributed by atoms with Gasteiger partial charge in [0.05, 0.1) is 7.11 Å². The van der Waals surface area contributed by atoms with Gasteiger partial charge >= 0.3 is 6.03 Å². The van der Waals surface area contributed by atoms with E-state index in [1.54, 1.807) is 24.9 Å². The molecule has 2 amide bonds. The monoisotopic (exact) mass is 378 g/mol. The van der Waals surface area contributed by atoms with E-state index in [-0.39, 0.29) is 12.1 Å². The van der Waals surface area contributed by atoms with Crippen molar-refractivity contribution < 1.29 is 9.53 Å². The van der Waals surface area contributed by atoms with Crippen molar-refractivity contribution in [3.8, 4) is 5.88 Å². The van der Waals surface area contributed by atoms with Crippen molar-refractivity contribution in [2.24, 2.45) is 7.05 Å². The van der Waals surface area contributed by atoms with E-state index in [0.29, 0.717) is 18.2 Å². The number of nitrogens with zero attached hydrogens (tertiary/aromatic N) is 3. The first-order chi connectivity index (χ1) is 13.6. The Morgan fingerprint density at radius 3 is 2.29 bits per heavy atom. The lowest BCUT2D eigenvalue weighted by Gasteiger charge is -2.29. The lowest BCUT2D eigenvalue weighted by Crippen LogP contribution is -2.42. The van der Waals surface area contributed by atoms with Gasteiger partial charge in [-0.1, -0.05) is 60.7 Å². The summed E-state index contributed by atoms with van der Waals surface area (Å²) >= 11 is 0. The molecule has 1 N–H and O–H groups in total. The maximum atomic E-state index is 13.1. The molecule has 0 aliphatic heterocycles. The molecule has 0 aliphatic rings. The summed E-state index contributed by atoms with van der Waals surface area (Å²) in [6.45, 7) is 2.58. The van der Waals surface area contributed by atoms with Crippen molar-refractivity contribution >= 4 is 11.8 Å². The van der Waals surface area contributed by atoms with Crippen LogP contribution >= 0.6 is 0 Å². The third-order valence-corrected chi connectivity index (χ3v) is 4.64. The van der Waals surface area contributed by atoms with Crippen LogP contribution < -0.4 is 10.1 Å². The van der Waals surface area contributed by atoms with Crippen molar-refractivity contribution in [3.63, 3.8) is 0 Å². The van der Waals surface area contributed by atoms with E-state index in [0.717, 1.165) is 12.0 Å². The molecule has 1 heterocycles. The summed E-state index contributed by atoms with van der Waals surface area (Å²) in [6, 6.07) is 21.7. The van der Waals surface area contributed by atoms with Crippen molar-refractivity contribution in [1.82, 2.24) is 14.7 Å². The molecule has 1 unspecified atom stereocenters. The smallest absolute Gasteiger partial charge is 0.323 e. The Balaban J connectivity index is 1.78. The van der Waals surface area contributed by atoms with Crippen LogP contribution in [0.1, 0.15) is 18.1 Å². The molecule has 0 aliphatic carbocycles. The first kappa shape index (κ1) is 19.5. The minimum atomic E-state index is -0.187. The van der Waals surface area contributed by atoms with Crippen molar-refractivity contribution in [1.29, 1.82) is 0 Å². The predicted octanol–water partition coefficient (Wildman–Crippen LogP) is 4.09. The van der Waals surface area contributed by atoms with Gasteiger partial charge in [0.25, 0.3) is 0 Å². The zero-order chi connectivity index (χ0) is 19.9. The fourth-order valence-corrected chi connectivity index (χ4v) is 3.16. The minimum Gasteiger partial charge on any atom is -0.481 e. The average Bonchev–Trinajstić information content (AvgIpc) is 3.06. The highest BCUT2D eigenvalue weighted by atomic mass is 16.5. The Bertz CT molecular complexity index is 893. The van der Waals surface area contributed by atoms with E-state index in [4.69, 9.17) is 4.74 Å². The number of nitrogens with one attached hydrogen (secondary N) is 1. The molecule has 0 fully saturated rings. The molecule has 0 bridgehead atoms. The second kappa shape index (κ2) is 9.08. The minimum absolute atomic E-state index is 0.00761. The van der Waals surface area contributed by atoms with Gasteiger partial charge in [0, 0.05) is 25.7 Å². The number of aryl methyl sites for hydroxylation is 1. The van der Waals surface area contributed by atoms with Crippen LogP contribution in [0.25, 0.3) is 0 Å². The molecule has 6 nitrogen and oxygen atoms in total. The summed E-state index contributed by atoms with van der Waals surface area (Å²) in [5, 5.41) is 7.19. The molecule has 28 heavy (non-hydrogen) atoms. The number of hydrogen-bond donors (Lipinski definition) is 1. The number of urea groups is 1. The van der Waals surface area contributed by atoms with E-state index >= 15 is 0 Å². The zero-order valence-corrected chi connectivity index (χ0v) is 16.5. The second-order valence-corrected chi connectivity index (χ2v) is 6.78. The number of amides is 2. The first-order valence-electron chi connectivity index (χ1n) is 9.30. The van der Waals surface area contributed by atoms with E-state index in [1.165, 1.54) is 5.56 Å². The van der Waals surface area contributed by atoms with E-state index in [9.17, 15) is 4.79 Å². The first-order valence-corrected chi connectivity index (χ1v) is 9.30. The van der Waals surface area contributed by atoms with Crippen LogP contribution in [-0.4, -0.2) is 33.9 Å². The number of benzene rings is 2. The van der Waals surface area contributed by atoms with Gasteiger partial charge in [-0.05, 0) is 24.5 Å². The van der Waals surface area contributed by atoms with Crippen molar-refractivity contribution in [2.75, 3.05) is 12.4 Å². The SMILES string of the molecule is COc1cc(NC(=O)N(Cc2ccccc2)C(C)Cc2ccccc2)nn1C. The molecule has 3 rings (SSSR count). The molecule has 146 valence electrons. The van der Waals surface area contributed by atoms with Crippen LogP contribution in [0, 0.1) is 0 Å². The normalized spacial score (nSPS) is 11.7. The van der Waals surface area contributed by atoms with Gasteiger partial charge < -0.3 is 9.64 Å². The largest absolute Gasteiger partial charge is 0.481 e. The Morgan fingerprint density at radius 1 is 1.11 bits per heavy atom. The van der Waals surface area contributed by atoms with E-state index in [2.05, 4.69) is 29.5 Å². The summed E-state index contributed by atoms with van der Waals surface area (Å²) in [5.41, 5.74) is 2.27. The van der Waals surface area contributed by atoms with Gasteiger partial charge in [0.1, 0.15) is 0 Å². The Morgan fingerprint density at radius 2 is 1.71 bits per heavy atom. The number of carbonyl (C=O) groups is 1. The third-order valence-electron chi connectivity index (χ3n) is 4.64. The second-order valence-electron chi connectivity index (χ2n) is 6.78. The van der Waals surface area contributed by atoms with Gasteiger partial charge in [0.15, 0.2) is 5.82 Å². The number of rotatable bonds is 7. The molecular formula is C22H26N4O2. The number of ether oxygens (including phenoxy) is 1. The number of methoxy groups -OCH3 is 1. The lowest BCUT2D eigenvalue weighted by molar-refractivity contribution is 0.188. The fourth-order valence-electron chi connectivity index (χ4n) is 3.16. The zero-order valence-electron chi connectivity index (χ0n) is 16.5. The quantitative estimate of drug-likeness (QED) is 0.673. The highest BCUT2D eigenvalue weighted by Crippen LogP contribution is 2.18. The Labute approximate surface area is 165 Å². The Hall–Kier alpha value is -3.28. The molecule has 0 spiro atoms. The fraction of sp³-hybridized carbons (Fsp3) is 0.273. The van der Waals surface area contributed by atoms with Gasteiger partial charge in [-0.15, -0.1) is 0 Å². The molecule has 0 saturated carbocycles. The Kier molecular flexibility index (Phi) is 6.32. The average molecular weight is 378 g/mol. The van der Waals surface area contributed by atoms with Gasteiger partial charge in [-0.25, -0.2) is 9.48 Å². The summed E-state index contributed by atoms with van der Waals surface area (Å²) in [4.78, 5) is 14.9. The van der Waals surface area contributed by atoms with Gasteiger partial charge in [-0.3, -0.25) is 5.32 Å². The van der Waals surface area contributed by atoms with Crippen LogP contribution in [0.5, 0.6) is 5.88 Å². The molecular weight excluding hydrogens is 352 g/mol. The van der Waals surface area contributed by atoms with Crippen molar-refractivity contribution in [3.05, 3.63) is 77.9 Å². The number of hydrogen-bond acceptors (Lipinski definition) is 3. The molecule has 0 radical (unpaired) electrons. The predicted molar refractivity (Wildman–Crippen MR) is 110 cm³/mol. The van der Waals surface area contributed by atoms with Crippen LogP contribution in [0.4, 0.5) is 10.6 Å². The molecule has 1 aromatic heterocycles. The number of aromatic nitrogens is 2. The molecule has 6 heteroatoms. The highest BCUT2D eigenvalue weighted by Gasteiger charge is 2.22. The molecule has 0 saturated heterocycles. The third kappa shape index (κ3) is 4.91. The highest BCUT2D eigenvalue weighted by molar-refractivity contribution is 5.88. The van der Waals surface area contributed by atoms with Gasteiger partial charge in [-0.2, -0.15) is 5.10 Å². The van der Waals surface area contributed by atoms with Crippen LogP contribution in [0.2, 0.25) is 0 Å². The van der Waals surface area contributed by atoms with Crippen LogP contribution in [-0.2, 0) is 20.0 Å². The molecule has 3 aromatic rings. The topological polar surface area (TPSA) is 59.4 Å². The summed E-state index contributed by atoms with van der Waals surface area (Å²) in [7, 11) is 3.35. The van der Waals surface area contributed by atoms with Crippen molar-refractivity contribution in [2.45, 2.75) is 25.9 Å².